The van der Waals surface area contributed by atoms with Gasteiger partial charge in [-0.05, 0) is 17.7 Å². The van der Waals surface area contributed by atoms with Crippen molar-refractivity contribution in [1.82, 2.24) is 20.4 Å². The molecular formula is C19H17ClN4O. The Balaban J connectivity index is 1.54. The summed E-state index contributed by atoms with van der Waals surface area (Å²) in [4.78, 5) is 16.4. The number of nitrogens with zero attached hydrogens (tertiary/aromatic N) is 2. The van der Waals surface area contributed by atoms with Gasteiger partial charge in [-0.2, -0.15) is 0 Å². The Hall–Kier alpha value is -3.05. The summed E-state index contributed by atoms with van der Waals surface area (Å²) in [7, 11) is 0. The molecule has 6 heteroatoms. The Bertz CT molecular complexity index is 872. The molecule has 0 aliphatic rings. The van der Waals surface area contributed by atoms with E-state index in [2.05, 4.69) is 22.4 Å². The molecule has 2 N–H and O–H groups in total. The summed E-state index contributed by atoms with van der Waals surface area (Å²) in [5.74, 6) is -0.202. The van der Waals surface area contributed by atoms with Crippen LogP contribution in [0.3, 0.4) is 0 Å². The fraction of sp³-hybridized carbons (Fsp3) is 0.0526. The summed E-state index contributed by atoms with van der Waals surface area (Å²) >= 11 is 5.85. The van der Waals surface area contributed by atoms with Crippen LogP contribution in [0.15, 0.2) is 73.7 Å². The van der Waals surface area contributed by atoms with Gasteiger partial charge >= 0.3 is 0 Å². The number of rotatable bonds is 6. The van der Waals surface area contributed by atoms with Gasteiger partial charge in [0.25, 0.3) is 5.91 Å². The maximum Gasteiger partial charge on any atom is 0.258 e. The van der Waals surface area contributed by atoms with E-state index in [4.69, 9.17) is 11.6 Å². The normalized spacial score (nSPS) is 10.3. The second-order valence-corrected chi connectivity index (χ2v) is 5.89. The molecule has 25 heavy (non-hydrogen) atoms. The van der Waals surface area contributed by atoms with Crippen LogP contribution in [0.1, 0.15) is 5.56 Å². The number of aromatic nitrogens is 2. The molecule has 2 aromatic carbocycles. The number of hydrogen-bond donors (Lipinski definition) is 2. The minimum atomic E-state index is -0.202. The van der Waals surface area contributed by atoms with E-state index < -0.39 is 0 Å². The Labute approximate surface area is 150 Å². The van der Waals surface area contributed by atoms with Crippen LogP contribution >= 0.6 is 11.6 Å². The van der Waals surface area contributed by atoms with Gasteiger partial charge in [-0.15, -0.1) is 0 Å². The quantitative estimate of drug-likeness (QED) is 0.667. The van der Waals surface area contributed by atoms with Gasteiger partial charge in [0, 0.05) is 16.8 Å². The molecule has 1 heterocycles. The van der Waals surface area contributed by atoms with Crippen LogP contribution in [0.4, 0.5) is 0 Å². The van der Waals surface area contributed by atoms with Gasteiger partial charge in [0.2, 0.25) is 0 Å². The van der Waals surface area contributed by atoms with Crippen LogP contribution in [0.5, 0.6) is 0 Å². The van der Waals surface area contributed by atoms with Crippen molar-refractivity contribution in [2.75, 3.05) is 0 Å². The van der Waals surface area contributed by atoms with Gasteiger partial charge in [-0.3, -0.25) is 15.6 Å². The van der Waals surface area contributed by atoms with E-state index in [-0.39, 0.29) is 12.5 Å². The van der Waals surface area contributed by atoms with Crippen LogP contribution in [-0.2, 0) is 11.3 Å². The van der Waals surface area contributed by atoms with Crippen LogP contribution in [-0.4, -0.2) is 15.5 Å². The van der Waals surface area contributed by atoms with Crippen LogP contribution in [0, 0.1) is 0 Å². The lowest BCUT2D eigenvalue weighted by molar-refractivity contribution is -0.122. The zero-order chi connectivity index (χ0) is 17.6. The molecule has 0 bridgehead atoms. The van der Waals surface area contributed by atoms with Crippen molar-refractivity contribution in [2.45, 2.75) is 6.54 Å². The molecule has 0 radical (unpaired) electrons. The molecule has 0 saturated heterocycles. The average molecular weight is 353 g/mol. The predicted octanol–water partition coefficient (Wildman–Crippen LogP) is 3.50. The minimum Gasteiger partial charge on any atom is -0.327 e. The van der Waals surface area contributed by atoms with E-state index in [1.165, 1.54) is 0 Å². The third-order valence-electron chi connectivity index (χ3n) is 3.57. The van der Waals surface area contributed by atoms with Crippen molar-refractivity contribution >= 4 is 23.2 Å². The summed E-state index contributed by atoms with van der Waals surface area (Å²) in [6, 6.07) is 17.0. The monoisotopic (exact) mass is 352 g/mol. The Morgan fingerprint density at radius 3 is 2.52 bits per heavy atom. The number of carbonyl (C=O) groups is 1. The molecule has 3 aromatic rings. The van der Waals surface area contributed by atoms with E-state index in [1.54, 1.807) is 23.0 Å². The minimum absolute atomic E-state index is 0.154. The van der Waals surface area contributed by atoms with Gasteiger partial charge in [-0.25, -0.2) is 4.98 Å². The summed E-state index contributed by atoms with van der Waals surface area (Å²) in [5.41, 5.74) is 8.69. The highest BCUT2D eigenvalue weighted by atomic mass is 35.5. The van der Waals surface area contributed by atoms with Crippen LogP contribution in [0.25, 0.3) is 17.0 Å². The van der Waals surface area contributed by atoms with Crippen LogP contribution in [0.2, 0.25) is 5.02 Å². The van der Waals surface area contributed by atoms with E-state index in [0.29, 0.717) is 10.7 Å². The van der Waals surface area contributed by atoms with Crippen molar-refractivity contribution in [3.63, 3.8) is 0 Å². The lowest BCUT2D eigenvalue weighted by Crippen LogP contribution is -2.37. The van der Waals surface area contributed by atoms with Crippen molar-refractivity contribution in [3.8, 4) is 11.3 Å². The first-order chi connectivity index (χ1) is 12.1. The Morgan fingerprint density at radius 1 is 1.08 bits per heavy atom. The van der Waals surface area contributed by atoms with E-state index >= 15 is 0 Å². The number of hydrazine groups is 1. The number of hydrogen-bond acceptors (Lipinski definition) is 3. The summed E-state index contributed by atoms with van der Waals surface area (Å²) in [6.07, 6.45) is 3.47. The standard InChI is InChI=1S/C19H17ClN4O/c1-14(15-7-9-17(20)10-8-15)22-23-19(25)12-24-11-18(21-13-24)16-5-3-2-4-6-16/h2-11,13,22H,1,12H2,(H,23,25). The number of imidazole rings is 1. The van der Waals surface area contributed by atoms with Gasteiger partial charge in [0.15, 0.2) is 0 Å². The molecule has 3 rings (SSSR count). The van der Waals surface area contributed by atoms with E-state index in [0.717, 1.165) is 16.8 Å². The van der Waals surface area contributed by atoms with Crippen molar-refractivity contribution in [1.29, 1.82) is 0 Å². The molecule has 126 valence electrons. The SMILES string of the molecule is C=C(NNC(=O)Cn1cnc(-c2ccccc2)c1)c1ccc(Cl)cc1. The smallest absolute Gasteiger partial charge is 0.258 e. The first-order valence-corrected chi connectivity index (χ1v) is 8.06. The highest BCUT2D eigenvalue weighted by molar-refractivity contribution is 6.30. The van der Waals surface area contributed by atoms with Crippen molar-refractivity contribution in [2.24, 2.45) is 0 Å². The lowest BCUT2D eigenvalue weighted by atomic mass is 10.2. The highest BCUT2D eigenvalue weighted by Gasteiger charge is 2.06. The zero-order valence-electron chi connectivity index (χ0n) is 13.4. The first kappa shape index (κ1) is 16.8. The molecule has 0 fully saturated rings. The molecule has 0 aliphatic heterocycles. The molecule has 1 aromatic heterocycles. The topological polar surface area (TPSA) is 58.9 Å². The van der Waals surface area contributed by atoms with Gasteiger partial charge < -0.3 is 4.57 Å². The third kappa shape index (κ3) is 4.49. The van der Waals surface area contributed by atoms with Crippen LogP contribution < -0.4 is 10.9 Å². The number of nitrogens with one attached hydrogen (secondary N) is 2. The fourth-order valence-corrected chi connectivity index (χ4v) is 2.40. The molecule has 0 saturated carbocycles. The zero-order valence-corrected chi connectivity index (χ0v) is 14.2. The number of carbonyl (C=O) groups excluding carboxylic acids is 1. The maximum absolute atomic E-state index is 12.1. The summed E-state index contributed by atoms with van der Waals surface area (Å²) < 4.78 is 1.73. The number of benzene rings is 2. The van der Waals surface area contributed by atoms with E-state index in [9.17, 15) is 4.79 Å². The molecule has 1 amide bonds. The number of halogens is 1. The number of amides is 1. The van der Waals surface area contributed by atoms with E-state index in [1.807, 2.05) is 48.7 Å². The van der Waals surface area contributed by atoms with Gasteiger partial charge in [0.1, 0.15) is 6.54 Å². The molecule has 0 aliphatic carbocycles. The fourth-order valence-electron chi connectivity index (χ4n) is 2.28. The molecule has 5 nitrogen and oxygen atoms in total. The predicted molar refractivity (Wildman–Crippen MR) is 99.4 cm³/mol. The maximum atomic E-state index is 12.1. The van der Waals surface area contributed by atoms with Gasteiger partial charge in [-0.1, -0.05) is 60.6 Å². The lowest BCUT2D eigenvalue weighted by Gasteiger charge is -2.11. The second-order valence-electron chi connectivity index (χ2n) is 5.46. The highest BCUT2D eigenvalue weighted by Crippen LogP contribution is 2.16. The largest absolute Gasteiger partial charge is 0.327 e. The molecule has 0 spiro atoms. The Morgan fingerprint density at radius 2 is 1.80 bits per heavy atom. The molecule has 0 unspecified atom stereocenters. The summed E-state index contributed by atoms with van der Waals surface area (Å²) in [6.45, 7) is 4.04. The van der Waals surface area contributed by atoms with Crippen molar-refractivity contribution in [3.05, 3.63) is 84.3 Å². The average Bonchev–Trinajstić information content (AvgIpc) is 3.09. The second kappa shape index (κ2) is 7.68. The first-order valence-electron chi connectivity index (χ1n) is 7.69. The third-order valence-corrected chi connectivity index (χ3v) is 3.83. The van der Waals surface area contributed by atoms with Crippen molar-refractivity contribution < 1.29 is 4.79 Å². The Kier molecular flexibility index (Phi) is 5.16. The molecule has 0 atom stereocenters. The molecular weight excluding hydrogens is 336 g/mol. The van der Waals surface area contributed by atoms with Gasteiger partial charge in [0.05, 0.1) is 17.7 Å². The summed E-state index contributed by atoms with van der Waals surface area (Å²) in [5, 5.41) is 0.648.